The summed E-state index contributed by atoms with van der Waals surface area (Å²) in [6.45, 7) is 6.79. The summed E-state index contributed by atoms with van der Waals surface area (Å²) in [5, 5.41) is 0. The van der Waals surface area contributed by atoms with Gasteiger partial charge in [-0.2, -0.15) is 0 Å². The quantitative estimate of drug-likeness (QED) is 0.733. The van der Waals surface area contributed by atoms with Crippen LogP contribution >= 0.6 is 11.8 Å². The fourth-order valence-corrected chi connectivity index (χ4v) is 3.28. The lowest BCUT2D eigenvalue weighted by molar-refractivity contribution is -0.116. The molecule has 4 heteroatoms. The summed E-state index contributed by atoms with van der Waals surface area (Å²) >= 11 is 1.55. The van der Waals surface area contributed by atoms with Crippen LogP contribution in [-0.2, 0) is 4.79 Å². The molecule has 0 aliphatic heterocycles. The summed E-state index contributed by atoms with van der Waals surface area (Å²) in [7, 11) is 1.65. The minimum atomic E-state index is 0.123. The number of thioether (sulfide) groups is 1. The molecule has 0 N–H and O–H groups in total. The second-order valence-corrected chi connectivity index (χ2v) is 6.50. The highest BCUT2D eigenvalue weighted by Crippen LogP contribution is 2.24. The summed E-state index contributed by atoms with van der Waals surface area (Å²) in [5.41, 5.74) is 3.33. The molecule has 2 aromatic rings. The van der Waals surface area contributed by atoms with Crippen molar-refractivity contribution in [2.75, 3.05) is 24.3 Å². The molecule has 0 aliphatic carbocycles. The molecular formula is C19H23NO2S. The largest absolute Gasteiger partial charge is 0.497 e. The fraction of sp³-hybridized carbons (Fsp3) is 0.316. The first-order valence-corrected chi connectivity index (χ1v) is 8.67. The Morgan fingerprint density at radius 2 is 1.70 bits per heavy atom. The predicted molar refractivity (Wildman–Crippen MR) is 97.7 cm³/mol. The number of ether oxygens (including phenoxy) is 1. The molecule has 1 amide bonds. The maximum atomic E-state index is 12.6. The Labute approximate surface area is 142 Å². The van der Waals surface area contributed by atoms with E-state index in [-0.39, 0.29) is 5.91 Å². The van der Waals surface area contributed by atoms with Gasteiger partial charge in [-0.15, -0.1) is 11.8 Å². The van der Waals surface area contributed by atoms with Crippen LogP contribution in [0.3, 0.4) is 0 Å². The number of anilines is 1. The van der Waals surface area contributed by atoms with Gasteiger partial charge in [0, 0.05) is 17.1 Å². The summed E-state index contributed by atoms with van der Waals surface area (Å²) < 4.78 is 5.15. The summed E-state index contributed by atoms with van der Waals surface area (Å²) in [5.74, 6) is 1.37. The minimum absolute atomic E-state index is 0.123. The van der Waals surface area contributed by atoms with Gasteiger partial charge in [-0.05, 0) is 68.3 Å². The molecule has 0 aromatic heterocycles. The van der Waals surface area contributed by atoms with Crippen LogP contribution in [0.1, 0.15) is 18.1 Å². The number of hydrogen-bond acceptors (Lipinski definition) is 3. The lowest BCUT2D eigenvalue weighted by Gasteiger charge is -2.22. The van der Waals surface area contributed by atoms with Crippen molar-refractivity contribution in [3.05, 3.63) is 53.6 Å². The van der Waals surface area contributed by atoms with E-state index in [2.05, 4.69) is 32.0 Å². The van der Waals surface area contributed by atoms with Gasteiger partial charge in [0.1, 0.15) is 5.75 Å². The molecule has 0 aliphatic rings. The zero-order valence-electron chi connectivity index (χ0n) is 14.1. The van der Waals surface area contributed by atoms with Gasteiger partial charge in [-0.1, -0.05) is 6.07 Å². The number of amides is 1. The molecule has 2 rings (SSSR count). The van der Waals surface area contributed by atoms with Gasteiger partial charge in [-0.25, -0.2) is 0 Å². The van der Waals surface area contributed by atoms with Gasteiger partial charge in [0.05, 0.1) is 12.9 Å². The van der Waals surface area contributed by atoms with Crippen molar-refractivity contribution >= 4 is 23.4 Å². The number of hydrogen-bond donors (Lipinski definition) is 0. The summed E-state index contributed by atoms with van der Waals surface area (Å²) in [6, 6.07) is 14.0. The Bertz CT molecular complexity index is 647. The van der Waals surface area contributed by atoms with Crippen LogP contribution < -0.4 is 9.64 Å². The monoisotopic (exact) mass is 329 g/mol. The first-order chi connectivity index (χ1) is 11.0. The molecule has 0 heterocycles. The maximum absolute atomic E-state index is 12.6. The van der Waals surface area contributed by atoms with Crippen molar-refractivity contribution in [2.45, 2.75) is 25.7 Å². The summed E-state index contributed by atoms with van der Waals surface area (Å²) in [4.78, 5) is 15.5. The van der Waals surface area contributed by atoms with E-state index in [0.29, 0.717) is 12.3 Å². The fourth-order valence-electron chi connectivity index (χ4n) is 2.50. The summed E-state index contributed by atoms with van der Waals surface area (Å²) in [6.07, 6.45) is 0. The molecule has 0 atom stereocenters. The number of rotatable bonds is 6. The molecule has 0 unspecified atom stereocenters. The Morgan fingerprint density at radius 1 is 1.09 bits per heavy atom. The van der Waals surface area contributed by atoms with E-state index in [4.69, 9.17) is 4.74 Å². The highest BCUT2D eigenvalue weighted by molar-refractivity contribution is 8.00. The van der Waals surface area contributed by atoms with E-state index < -0.39 is 0 Å². The first kappa shape index (κ1) is 17.4. The van der Waals surface area contributed by atoms with Gasteiger partial charge < -0.3 is 9.64 Å². The van der Waals surface area contributed by atoms with Crippen molar-refractivity contribution in [1.29, 1.82) is 0 Å². The molecule has 0 spiro atoms. The number of aryl methyl sites for hydroxylation is 2. The van der Waals surface area contributed by atoms with Crippen molar-refractivity contribution in [3.63, 3.8) is 0 Å². The second-order valence-electron chi connectivity index (χ2n) is 5.45. The van der Waals surface area contributed by atoms with Crippen LogP contribution in [0.4, 0.5) is 5.69 Å². The standard InChI is InChI=1S/C19H23NO2S/c1-5-20(16-11-14(2)10-15(3)12-16)19(21)13-23-18-8-6-17(22-4)7-9-18/h6-12H,5,13H2,1-4H3. The lowest BCUT2D eigenvalue weighted by Crippen LogP contribution is -2.32. The third kappa shape index (κ3) is 4.76. The van der Waals surface area contributed by atoms with E-state index in [1.54, 1.807) is 18.9 Å². The Morgan fingerprint density at radius 3 is 2.22 bits per heavy atom. The van der Waals surface area contributed by atoms with Gasteiger partial charge in [0.2, 0.25) is 5.91 Å². The van der Waals surface area contributed by atoms with Crippen molar-refractivity contribution in [1.82, 2.24) is 0 Å². The number of carbonyl (C=O) groups is 1. The van der Waals surface area contributed by atoms with E-state index in [9.17, 15) is 4.79 Å². The van der Waals surface area contributed by atoms with Crippen LogP contribution in [0.2, 0.25) is 0 Å². The molecule has 0 fully saturated rings. The highest BCUT2D eigenvalue weighted by Gasteiger charge is 2.14. The second kappa shape index (κ2) is 8.06. The topological polar surface area (TPSA) is 29.5 Å². The molecular weight excluding hydrogens is 306 g/mol. The molecule has 2 aromatic carbocycles. The third-order valence-electron chi connectivity index (χ3n) is 3.56. The Balaban J connectivity index is 2.04. The number of benzene rings is 2. The third-order valence-corrected chi connectivity index (χ3v) is 4.55. The van der Waals surface area contributed by atoms with Gasteiger partial charge in [0.25, 0.3) is 0 Å². The average Bonchev–Trinajstić information content (AvgIpc) is 2.53. The Hall–Kier alpha value is -1.94. The van der Waals surface area contributed by atoms with E-state index in [1.165, 1.54) is 11.1 Å². The normalized spacial score (nSPS) is 10.4. The van der Waals surface area contributed by atoms with Crippen LogP contribution in [-0.4, -0.2) is 25.3 Å². The van der Waals surface area contributed by atoms with Gasteiger partial charge in [-0.3, -0.25) is 4.79 Å². The van der Waals surface area contributed by atoms with E-state index in [1.807, 2.05) is 36.1 Å². The van der Waals surface area contributed by atoms with Gasteiger partial charge in [0.15, 0.2) is 0 Å². The number of carbonyl (C=O) groups excluding carboxylic acids is 1. The van der Waals surface area contributed by atoms with Crippen LogP contribution in [0, 0.1) is 13.8 Å². The minimum Gasteiger partial charge on any atom is -0.497 e. The molecule has 3 nitrogen and oxygen atoms in total. The molecule has 0 saturated heterocycles. The lowest BCUT2D eigenvalue weighted by atomic mass is 10.1. The van der Waals surface area contributed by atoms with Crippen LogP contribution in [0.25, 0.3) is 0 Å². The van der Waals surface area contributed by atoms with Crippen molar-refractivity contribution < 1.29 is 9.53 Å². The number of nitrogens with zero attached hydrogens (tertiary/aromatic N) is 1. The smallest absolute Gasteiger partial charge is 0.237 e. The highest BCUT2D eigenvalue weighted by atomic mass is 32.2. The zero-order valence-corrected chi connectivity index (χ0v) is 14.9. The van der Waals surface area contributed by atoms with Crippen molar-refractivity contribution in [2.24, 2.45) is 0 Å². The van der Waals surface area contributed by atoms with Crippen LogP contribution in [0.15, 0.2) is 47.4 Å². The molecule has 0 saturated carbocycles. The molecule has 0 radical (unpaired) electrons. The average molecular weight is 329 g/mol. The Kier molecular flexibility index (Phi) is 6.11. The molecule has 23 heavy (non-hydrogen) atoms. The molecule has 122 valence electrons. The maximum Gasteiger partial charge on any atom is 0.237 e. The SMILES string of the molecule is CCN(C(=O)CSc1ccc(OC)cc1)c1cc(C)cc(C)c1. The van der Waals surface area contributed by atoms with Crippen molar-refractivity contribution in [3.8, 4) is 5.75 Å². The van der Waals surface area contributed by atoms with E-state index >= 15 is 0 Å². The predicted octanol–water partition coefficient (Wildman–Crippen LogP) is 4.46. The van der Waals surface area contributed by atoms with Gasteiger partial charge >= 0.3 is 0 Å². The first-order valence-electron chi connectivity index (χ1n) is 7.69. The number of methoxy groups -OCH3 is 1. The van der Waals surface area contributed by atoms with E-state index in [0.717, 1.165) is 16.3 Å². The molecule has 0 bridgehead atoms. The van der Waals surface area contributed by atoms with Crippen LogP contribution in [0.5, 0.6) is 5.75 Å². The zero-order chi connectivity index (χ0) is 16.8.